The van der Waals surface area contributed by atoms with Crippen molar-refractivity contribution in [3.8, 4) is 5.69 Å². The van der Waals surface area contributed by atoms with Crippen molar-refractivity contribution in [2.75, 3.05) is 0 Å². The molecule has 0 aliphatic heterocycles. The number of thioether (sulfide) groups is 1. The van der Waals surface area contributed by atoms with E-state index in [4.69, 9.17) is 10.7 Å². The number of carbonyl (C=O) groups is 2. The van der Waals surface area contributed by atoms with Crippen LogP contribution in [0.25, 0.3) is 15.9 Å². The molecule has 3 rings (SSSR count). The molecule has 0 aliphatic carbocycles. The molecular weight excluding hydrogens is 432 g/mol. The van der Waals surface area contributed by atoms with Crippen LogP contribution in [0.3, 0.4) is 0 Å². The minimum absolute atomic E-state index is 0.126. The van der Waals surface area contributed by atoms with Gasteiger partial charge < -0.3 is 5.73 Å². The molecule has 0 unspecified atom stereocenters. The zero-order valence-electron chi connectivity index (χ0n) is 18.2. The number of hydrogen-bond acceptors (Lipinski definition) is 6. The number of aryl methyl sites for hydroxylation is 3. The maximum absolute atomic E-state index is 13.7. The van der Waals surface area contributed by atoms with E-state index in [0.29, 0.717) is 21.1 Å². The number of carbonyl (C=O) groups excluding carboxylic acids is 2. The summed E-state index contributed by atoms with van der Waals surface area (Å²) in [6, 6.07) is 6.70. The highest BCUT2D eigenvalue weighted by Crippen LogP contribution is 2.33. The van der Waals surface area contributed by atoms with Gasteiger partial charge in [0, 0.05) is 4.88 Å². The minimum Gasteiger partial charge on any atom is -0.351 e. The van der Waals surface area contributed by atoms with Crippen molar-refractivity contribution in [1.82, 2.24) is 14.9 Å². The number of amides is 3. The van der Waals surface area contributed by atoms with Gasteiger partial charge in [-0.15, -0.1) is 11.3 Å². The van der Waals surface area contributed by atoms with Crippen molar-refractivity contribution in [2.24, 2.45) is 11.7 Å². The number of nitrogens with one attached hydrogen (secondary N) is 1. The predicted molar refractivity (Wildman–Crippen MR) is 126 cm³/mol. The maximum atomic E-state index is 13.7. The van der Waals surface area contributed by atoms with Crippen LogP contribution >= 0.6 is 23.1 Å². The highest BCUT2D eigenvalue weighted by molar-refractivity contribution is 8.00. The molecule has 0 bridgehead atoms. The normalized spacial score (nSPS) is 12.3. The molecule has 0 radical (unpaired) electrons. The molecule has 7 nitrogen and oxygen atoms in total. The van der Waals surface area contributed by atoms with Crippen LogP contribution in [0.1, 0.15) is 36.8 Å². The molecule has 0 aliphatic rings. The Balaban J connectivity index is 2.26. The predicted octanol–water partition coefficient (Wildman–Crippen LogP) is 3.94. The average molecular weight is 459 g/mol. The number of benzene rings is 1. The number of hydrogen-bond donors (Lipinski definition) is 2. The Morgan fingerprint density at radius 3 is 2.58 bits per heavy atom. The molecule has 1 atom stereocenters. The summed E-state index contributed by atoms with van der Waals surface area (Å²) < 4.78 is 1.57. The summed E-state index contributed by atoms with van der Waals surface area (Å²) in [7, 11) is 0. The van der Waals surface area contributed by atoms with Gasteiger partial charge in [0.15, 0.2) is 5.16 Å². The van der Waals surface area contributed by atoms with Gasteiger partial charge in [0.05, 0.1) is 16.3 Å². The van der Waals surface area contributed by atoms with E-state index in [2.05, 4.69) is 5.32 Å². The first kappa shape index (κ1) is 23.0. The SMILES string of the molecule is CCc1c(C)sc2nc(S[C@@H](C(=O)NC(N)=O)C(C)C)n(-c3cccc(C)c3)c(=O)c12. The molecular formula is C22H26N4O3S2. The lowest BCUT2D eigenvalue weighted by molar-refractivity contribution is -0.120. The van der Waals surface area contributed by atoms with E-state index in [1.807, 2.05) is 58.9 Å². The lowest BCUT2D eigenvalue weighted by Gasteiger charge is -2.20. The number of rotatable bonds is 6. The average Bonchev–Trinajstić information content (AvgIpc) is 3.00. The summed E-state index contributed by atoms with van der Waals surface area (Å²) in [5, 5.41) is 2.53. The number of aromatic nitrogens is 2. The summed E-state index contributed by atoms with van der Waals surface area (Å²) in [6.45, 7) is 9.71. The quantitative estimate of drug-likeness (QED) is 0.430. The lowest BCUT2D eigenvalue weighted by Crippen LogP contribution is -2.42. The van der Waals surface area contributed by atoms with Crippen molar-refractivity contribution in [1.29, 1.82) is 0 Å². The van der Waals surface area contributed by atoms with Crippen LogP contribution in [-0.2, 0) is 11.2 Å². The monoisotopic (exact) mass is 458 g/mol. The molecule has 0 fully saturated rings. The molecule has 164 valence electrons. The van der Waals surface area contributed by atoms with Gasteiger partial charge in [-0.1, -0.05) is 44.7 Å². The second-order valence-corrected chi connectivity index (χ2v) is 9.99. The Labute approximate surface area is 189 Å². The third-order valence-electron chi connectivity index (χ3n) is 4.95. The molecule has 9 heteroatoms. The Kier molecular flexibility index (Phi) is 6.86. The number of primary amides is 1. The van der Waals surface area contributed by atoms with Crippen LogP contribution in [-0.4, -0.2) is 26.7 Å². The molecule has 2 heterocycles. The van der Waals surface area contributed by atoms with E-state index in [9.17, 15) is 14.4 Å². The Bertz CT molecular complexity index is 1210. The summed E-state index contributed by atoms with van der Waals surface area (Å²) in [5.74, 6) is -0.631. The Morgan fingerprint density at radius 2 is 2.00 bits per heavy atom. The third kappa shape index (κ3) is 4.67. The van der Waals surface area contributed by atoms with E-state index in [1.54, 1.807) is 4.57 Å². The fourth-order valence-corrected chi connectivity index (χ4v) is 5.76. The summed E-state index contributed by atoms with van der Waals surface area (Å²) in [4.78, 5) is 44.1. The Hall–Kier alpha value is -2.65. The van der Waals surface area contributed by atoms with Gasteiger partial charge in [-0.2, -0.15) is 0 Å². The molecule has 0 spiro atoms. The van der Waals surface area contributed by atoms with Crippen LogP contribution in [0.2, 0.25) is 0 Å². The molecule has 0 saturated carbocycles. The van der Waals surface area contributed by atoms with Crippen molar-refractivity contribution < 1.29 is 9.59 Å². The number of urea groups is 1. The van der Waals surface area contributed by atoms with E-state index >= 15 is 0 Å². The minimum atomic E-state index is -0.905. The first-order valence-electron chi connectivity index (χ1n) is 10.0. The zero-order valence-corrected chi connectivity index (χ0v) is 19.8. The number of fused-ring (bicyclic) bond motifs is 1. The number of nitrogens with two attached hydrogens (primary N) is 1. The van der Waals surface area contributed by atoms with Crippen molar-refractivity contribution in [3.63, 3.8) is 0 Å². The molecule has 2 aromatic heterocycles. The van der Waals surface area contributed by atoms with E-state index < -0.39 is 17.2 Å². The lowest BCUT2D eigenvalue weighted by atomic mass is 10.1. The van der Waals surface area contributed by atoms with Crippen LogP contribution in [0.15, 0.2) is 34.2 Å². The fourth-order valence-electron chi connectivity index (χ4n) is 3.50. The molecule has 31 heavy (non-hydrogen) atoms. The van der Waals surface area contributed by atoms with Gasteiger partial charge in [0.25, 0.3) is 5.56 Å². The van der Waals surface area contributed by atoms with E-state index in [-0.39, 0.29) is 11.5 Å². The summed E-state index contributed by atoms with van der Waals surface area (Å²) in [6.07, 6.45) is 0.735. The van der Waals surface area contributed by atoms with Gasteiger partial charge in [0.1, 0.15) is 4.83 Å². The van der Waals surface area contributed by atoms with Gasteiger partial charge >= 0.3 is 6.03 Å². The van der Waals surface area contributed by atoms with Gasteiger partial charge in [-0.3, -0.25) is 19.5 Å². The molecule has 3 amide bonds. The number of nitrogens with zero attached hydrogens (tertiary/aromatic N) is 2. The Morgan fingerprint density at radius 1 is 1.29 bits per heavy atom. The molecule has 3 aromatic rings. The summed E-state index contributed by atoms with van der Waals surface area (Å²) >= 11 is 2.65. The highest BCUT2D eigenvalue weighted by Gasteiger charge is 2.28. The third-order valence-corrected chi connectivity index (χ3v) is 7.49. The van der Waals surface area contributed by atoms with E-state index in [0.717, 1.165) is 34.2 Å². The van der Waals surface area contributed by atoms with Gasteiger partial charge in [-0.25, -0.2) is 9.78 Å². The van der Waals surface area contributed by atoms with Crippen molar-refractivity contribution in [3.05, 3.63) is 50.6 Å². The molecule has 0 saturated heterocycles. The summed E-state index contributed by atoms with van der Waals surface area (Å²) in [5.41, 5.74) is 7.68. The smallest absolute Gasteiger partial charge is 0.318 e. The number of imide groups is 1. The van der Waals surface area contributed by atoms with Crippen molar-refractivity contribution >= 4 is 45.3 Å². The van der Waals surface area contributed by atoms with Crippen LogP contribution in [0, 0.1) is 19.8 Å². The second-order valence-electron chi connectivity index (χ2n) is 7.68. The van der Waals surface area contributed by atoms with Gasteiger partial charge in [-0.05, 0) is 49.4 Å². The topological polar surface area (TPSA) is 107 Å². The van der Waals surface area contributed by atoms with Crippen LogP contribution in [0.4, 0.5) is 4.79 Å². The maximum Gasteiger partial charge on any atom is 0.318 e. The van der Waals surface area contributed by atoms with Crippen LogP contribution < -0.4 is 16.6 Å². The second kappa shape index (κ2) is 9.23. The van der Waals surface area contributed by atoms with Gasteiger partial charge in [0.2, 0.25) is 5.91 Å². The largest absolute Gasteiger partial charge is 0.351 e. The first-order valence-corrected chi connectivity index (χ1v) is 11.7. The van der Waals surface area contributed by atoms with Crippen LogP contribution in [0.5, 0.6) is 0 Å². The number of thiophene rings is 1. The molecule has 3 N–H and O–H groups in total. The standard InChI is InChI=1S/C22H26N4O3S2/c1-6-15-13(5)30-19-16(15)20(28)26(14-9-7-8-12(4)10-14)22(25-19)31-17(11(2)3)18(27)24-21(23)29/h7-11,17H,6H2,1-5H3,(H3,23,24,27,29)/t17-/m1/s1. The highest BCUT2D eigenvalue weighted by atomic mass is 32.2. The van der Waals surface area contributed by atoms with Crippen molar-refractivity contribution in [2.45, 2.75) is 51.4 Å². The van der Waals surface area contributed by atoms with E-state index in [1.165, 1.54) is 11.3 Å². The zero-order chi connectivity index (χ0) is 22.9. The molecule has 1 aromatic carbocycles. The first-order chi connectivity index (χ1) is 14.6. The fraction of sp³-hybridized carbons (Fsp3) is 0.364.